The third-order valence-corrected chi connectivity index (χ3v) is 3.64. The van der Waals surface area contributed by atoms with Crippen molar-refractivity contribution < 1.29 is 19.4 Å². The molecule has 0 bridgehead atoms. The molecule has 0 amide bonds. The minimum atomic E-state index is -1.13. The molecule has 0 radical (unpaired) electrons. The second kappa shape index (κ2) is 5.89. The largest absolute Gasteiger partial charge is 0.497 e. The van der Waals surface area contributed by atoms with E-state index in [9.17, 15) is 4.79 Å². The molecule has 0 aliphatic rings. The third kappa shape index (κ3) is 2.73. The highest BCUT2D eigenvalue weighted by atomic mass is 32.1. The maximum absolute atomic E-state index is 10.9. The van der Waals surface area contributed by atoms with Crippen molar-refractivity contribution in [3.8, 4) is 22.1 Å². The maximum Gasteiger partial charge on any atom is 0.326 e. The quantitative estimate of drug-likeness (QED) is 0.874. The fraction of sp³-hybridized carbons (Fsp3) is 0.231. The molecule has 1 heterocycles. The van der Waals surface area contributed by atoms with Crippen LogP contribution >= 0.6 is 11.3 Å². The Kier molecular flexibility index (Phi) is 4.21. The van der Waals surface area contributed by atoms with Crippen LogP contribution in [-0.4, -0.2) is 30.3 Å². The van der Waals surface area contributed by atoms with Crippen molar-refractivity contribution in [3.05, 3.63) is 29.3 Å². The van der Waals surface area contributed by atoms with Crippen LogP contribution in [0.5, 0.6) is 11.5 Å². The highest BCUT2D eigenvalue weighted by Crippen LogP contribution is 2.35. The summed E-state index contributed by atoms with van der Waals surface area (Å²) < 4.78 is 10.5. The Morgan fingerprint density at radius 3 is 2.75 bits per heavy atom. The average molecular weight is 294 g/mol. The second-order valence-electron chi connectivity index (χ2n) is 3.96. The number of hydrogen-bond acceptors (Lipinski definition) is 6. The smallest absolute Gasteiger partial charge is 0.326 e. The van der Waals surface area contributed by atoms with Crippen LogP contribution in [0, 0.1) is 0 Å². The number of ether oxygens (including phenoxy) is 2. The number of aromatic nitrogens is 1. The van der Waals surface area contributed by atoms with Gasteiger partial charge in [-0.05, 0) is 18.2 Å². The van der Waals surface area contributed by atoms with Crippen molar-refractivity contribution in [1.29, 1.82) is 0 Å². The van der Waals surface area contributed by atoms with Crippen LogP contribution in [0.1, 0.15) is 11.7 Å². The zero-order valence-electron chi connectivity index (χ0n) is 11.0. The zero-order valence-corrected chi connectivity index (χ0v) is 11.8. The fourth-order valence-electron chi connectivity index (χ4n) is 1.66. The molecule has 1 aromatic carbocycles. The lowest BCUT2D eigenvalue weighted by molar-refractivity contribution is -0.138. The van der Waals surface area contributed by atoms with E-state index in [1.807, 2.05) is 0 Å². The standard InChI is InChI=1S/C13H14N2O4S/c1-18-7-3-4-10(19-2)8(5-7)12-15-9(6-20-12)11(14)13(16)17/h3-6,11H,14H2,1-2H3,(H,16,17). The first-order chi connectivity index (χ1) is 9.56. The van der Waals surface area contributed by atoms with Crippen molar-refractivity contribution in [1.82, 2.24) is 4.98 Å². The van der Waals surface area contributed by atoms with E-state index >= 15 is 0 Å². The maximum atomic E-state index is 10.9. The van der Waals surface area contributed by atoms with Crippen molar-refractivity contribution in [2.75, 3.05) is 14.2 Å². The Bertz CT molecular complexity index is 627. The summed E-state index contributed by atoms with van der Waals surface area (Å²) in [6.45, 7) is 0. The lowest BCUT2D eigenvalue weighted by atomic mass is 10.2. The minimum absolute atomic E-state index is 0.322. The first kappa shape index (κ1) is 14.3. The molecule has 2 aromatic rings. The predicted octanol–water partition coefficient (Wildman–Crippen LogP) is 1.91. The number of benzene rings is 1. The van der Waals surface area contributed by atoms with Gasteiger partial charge in [0.2, 0.25) is 0 Å². The summed E-state index contributed by atoms with van der Waals surface area (Å²) in [5, 5.41) is 11.2. The lowest BCUT2D eigenvalue weighted by Gasteiger charge is -2.08. The molecule has 1 aromatic heterocycles. The first-order valence-electron chi connectivity index (χ1n) is 5.73. The van der Waals surface area contributed by atoms with Crippen LogP contribution in [0.2, 0.25) is 0 Å². The zero-order chi connectivity index (χ0) is 14.7. The molecular formula is C13H14N2O4S. The van der Waals surface area contributed by atoms with E-state index in [1.165, 1.54) is 11.3 Å². The molecule has 0 aliphatic carbocycles. The normalized spacial score (nSPS) is 11.9. The Balaban J connectivity index is 2.43. The number of carboxylic acids is 1. The molecule has 20 heavy (non-hydrogen) atoms. The van der Waals surface area contributed by atoms with Crippen LogP contribution < -0.4 is 15.2 Å². The van der Waals surface area contributed by atoms with Gasteiger partial charge in [0.25, 0.3) is 0 Å². The van der Waals surface area contributed by atoms with Crippen molar-refractivity contribution in [2.45, 2.75) is 6.04 Å². The minimum Gasteiger partial charge on any atom is -0.497 e. The number of hydrogen-bond donors (Lipinski definition) is 2. The summed E-state index contributed by atoms with van der Waals surface area (Å²) in [5.74, 6) is 0.190. The number of carboxylic acid groups (broad SMARTS) is 1. The van der Waals surface area contributed by atoms with E-state index in [-0.39, 0.29) is 0 Å². The molecule has 0 saturated carbocycles. The van der Waals surface area contributed by atoms with Crippen LogP contribution in [0.15, 0.2) is 23.6 Å². The number of aliphatic carboxylic acids is 1. The average Bonchev–Trinajstić information content (AvgIpc) is 2.95. The number of thiazole rings is 1. The van der Waals surface area contributed by atoms with Crippen LogP contribution in [0.4, 0.5) is 0 Å². The topological polar surface area (TPSA) is 94.7 Å². The molecule has 3 N–H and O–H groups in total. The van der Waals surface area contributed by atoms with E-state index in [0.717, 1.165) is 5.56 Å². The molecule has 106 valence electrons. The Morgan fingerprint density at radius 1 is 1.40 bits per heavy atom. The van der Waals surface area contributed by atoms with Gasteiger partial charge >= 0.3 is 5.97 Å². The Morgan fingerprint density at radius 2 is 2.15 bits per heavy atom. The van der Waals surface area contributed by atoms with E-state index in [1.54, 1.807) is 37.8 Å². The Labute approximate surface area is 119 Å². The molecule has 1 unspecified atom stereocenters. The molecule has 1 atom stereocenters. The summed E-state index contributed by atoms with van der Waals surface area (Å²) >= 11 is 1.31. The SMILES string of the molecule is COc1ccc(OC)c(-c2nc(C(N)C(=O)O)cs2)c1. The molecule has 0 fully saturated rings. The van der Waals surface area contributed by atoms with Crippen LogP contribution in [0.25, 0.3) is 10.6 Å². The summed E-state index contributed by atoms with van der Waals surface area (Å²) in [6.07, 6.45) is 0. The number of rotatable bonds is 5. The van der Waals surface area contributed by atoms with Gasteiger partial charge < -0.3 is 20.3 Å². The Hall–Kier alpha value is -2.12. The third-order valence-electron chi connectivity index (χ3n) is 2.74. The summed E-state index contributed by atoms with van der Waals surface area (Å²) in [7, 11) is 3.13. The number of methoxy groups -OCH3 is 2. The molecule has 0 spiro atoms. The van der Waals surface area contributed by atoms with E-state index in [2.05, 4.69) is 4.98 Å². The van der Waals surface area contributed by atoms with E-state index < -0.39 is 12.0 Å². The predicted molar refractivity (Wildman–Crippen MR) is 75.2 cm³/mol. The molecule has 2 rings (SSSR count). The number of nitrogens with zero attached hydrogens (tertiary/aromatic N) is 1. The molecule has 6 nitrogen and oxygen atoms in total. The van der Waals surface area contributed by atoms with Gasteiger partial charge in [-0.1, -0.05) is 0 Å². The number of nitrogens with two attached hydrogens (primary N) is 1. The summed E-state index contributed by atoms with van der Waals surface area (Å²) in [6, 6.07) is 4.21. The van der Waals surface area contributed by atoms with Gasteiger partial charge in [0.05, 0.1) is 25.5 Å². The highest BCUT2D eigenvalue weighted by Gasteiger charge is 2.19. The fourth-order valence-corrected chi connectivity index (χ4v) is 2.54. The van der Waals surface area contributed by atoms with Gasteiger partial charge in [0.1, 0.15) is 22.5 Å². The van der Waals surface area contributed by atoms with Crippen LogP contribution in [0.3, 0.4) is 0 Å². The molecular weight excluding hydrogens is 280 g/mol. The second-order valence-corrected chi connectivity index (χ2v) is 4.82. The van der Waals surface area contributed by atoms with Gasteiger partial charge in [0.15, 0.2) is 0 Å². The van der Waals surface area contributed by atoms with Crippen LogP contribution in [-0.2, 0) is 4.79 Å². The van der Waals surface area contributed by atoms with Crippen molar-refractivity contribution in [3.63, 3.8) is 0 Å². The number of carbonyl (C=O) groups is 1. The van der Waals surface area contributed by atoms with E-state index in [4.69, 9.17) is 20.3 Å². The summed E-state index contributed by atoms with van der Waals surface area (Å²) in [5.41, 5.74) is 6.60. The monoisotopic (exact) mass is 294 g/mol. The van der Waals surface area contributed by atoms with Gasteiger partial charge in [-0.3, -0.25) is 4.79 Å². The first-order valence-corrected chi connectivity index (χ1v) is 6.61. The molecule has 0 saturated heterocycles. The highest BCUT2D eigenvalue weighted by molar-refractivity contribution is 7.13. The van der Waals surface area contributed by atoms with Gasteiger partial charge in [-0.15, -0.1) is 11.3 Å². The van der Waals surface area contributed by atoms with Gasteiger partial charge in [0, 0.05) is 5.38 Å². The van der Waals surface area contributed by atoms with E-state index in [0.29, 0.717) is 22.2 Å². The van der Waals surface area contributed by atoms with Gasteiger partial charge in [-0.2, -0.15) is 0 Å². The lowest BCUT2D eigenvalue weighted by Crippen LogP contribution is -2.20. The van der Waals surface area contributed by atoms with Crippen molar-refractivity contribution in [2.24, 2.45) is 5.73 Å². The van der Waals surface area contributed by atoms with Gasteiger partial charge in [-0.25, -0.2) is 4.98 Å². The molecule has 7 heteroatoms. The summed E-state index contributed by atoms with van der Waals surface area (Å²) in [4.78, 5) is 15.1. The molecule has 0 aliphatic heterocycles. The van der Waals surface area contributed by atoms with Crippen molar-refractivity contribution >= 4 is 17.3 Å².